The smallest absolute Gasteiger partial charge is 0.406 e. The SMILES string of the molecule is C[C@H](CCN)N1CCC(C(Nc2ccc(OC(F)(F)F)cc2)c2ccsc2)CC1. The molecule has 2 atom stereocenters. The zero-order valence-corrected chi connectivity index (χ0v) is 17.3. The average molecular weight is 428 g/mol. The monoisotopic (exact) mass is 427 g/mol. The fourth-order valence-electron chi connectivity index (χ4n) is 3.98. The third-order valence-corrected chi connectivity index (χ3v) is 6.27. The number of rotatable bonds is 8. The first-order chi connectivity index (χ1) is 13.9. The fraction of sp³-hybridized carbons (Fsp3) is 0.524. The number of piperidine rings is 1. The van der Waals surface area contributed by atoms with Gasteiger partial charge in [-0.05, 0) is 98.4 Å². The molecule has 2 aromatic rings. The third-order valence-electron chi connectivity index (χ3n) is 5.57. The van der Waals surface area contributed by atoms with E-state index in [4.69, 9.17) is 5.73 Å². The molecule has 3 N–H and O–H groups in total. The Kier molecular flexibility index (Phi) is 7.43. The molecule has 0 saturated carbocycles. The third kappa shape index (κ3) is 6.35. The van der Waals surface area contributed by atoms with Crippen molar-refractivity contribution in [1.82, 2.24) is 4.90 Å². The molecule has 0 aliphatic carbocycles. The molecule has 1 aromatic carbocycles. The van der Waals surface area contributed by atoms with Gasteiger partial charge in [-0.3, -0.25) is 0 Å². The highest BCUT2D eigenvalue weighted by Gasteiger charge is 2.31. The molecule has 8 heteroatoms. The van der Waals surface area contributed by atoms with Crippen molar-refractivity contribution in [2.24, 2.45) is 11.7 Å². The number of anilines is 1. The van der Waals surface area contributed by atoms with Gasteiger partial charge in [0.2, 0.25) is 0 Å². The van der Waals surface area contributed by atoms with Crippen LogP contribution in [0.15, 0.2) is 41.1 Å². The second-order valence-electron chi connectivity index (χ2n) is 7.55. The maximum Gasteiger partial charge on any atom is 0.573 e. The largest absolute Gasteiger partial charge is 0.573 e. The Morgan fingerprint density at radius 2 is 1.90 bits per heavy atom. The van der Waals surface area contributed by atoms with Crippen LogP contribution in [-0.4, -0.2) is 36.9 Å². The zero-order valence-electron chi connectivity index (χ0n) is 16.5. The molecule has 29 heavy (non-hydrogen) atoms. The Morgan fingerprint density at radius 1 is 1.21 bits per heavy atom. The summed E-state index contributed by atoms with van der Waals surface area (Å²) < 4.78 is 41.1. The number of hydrogen-bond acceptors (Lipinski definition) is 5. The molecule has 3 rings (SSSR count). The van der Waals surface area contributed by atoms with Crippen LogP contribution < -0.4 is 15.8 Å². The van der Waals surface area contributed by atoms with E-state index in [1.54, 1.807) is 23.5 Å². The van der Waals surface area contributed by atoms with Gasteiger partial charge < -0.3 is 20.7 Å². The normalized spacial score (nSPS) is 18.4. The predicted molar refractivity (Wildman–Crippen MR) is 111 cm³/mol. The number of nitrogens with one attached hydrogen (secondary N) is 1. The molecular formula is C21H28F3N3OS. The predicted octanol–water partition coefficient (Wildman–Crippen LogP) is 5.25. The number of thiophene rings is 1. The lowest BCUT2D eigenvalue weighted by molar-refractivity contribution is -0.274. The molecule has 0 amide bonds. The van der Waals surface area contributed by atoms with Gasteiger partial charge in [0.05, 0.1) is 6.04 Å². The van der Waals surface area contributed by atoms with Crippen LogP contribution in [0.25, 0.3) is 0 Å². The molecule has 1 aliphatic heterocycles. The van der Waals surface area contributed by atoms with Gasteiger partial charge in [0.15, 0.2) is 0 Å². The average Bonchev–Trinajstić information content (AvgIpc) is 3.21. The quantitative estimate of drug-likeness (QED) is 0.604. The Balaban J connectivity index is 1.66. The van der Waals surface area contributed by atoms with E-state index in [0.29, 0.717) is 18.5 Å². The van der Waals surface area contributed by atoms with Crippen molar-refractivity contribution in [3.63, 3.8) is 0 Å². The van der Waals surface area contributed by atoms with Crippen molar-refractivity contribution in [2.45, 2.75) is 44.6 Å². The lowest BCUT2D eigenvalue weighted by Crippen LogP contribution is -2.42. The van der Waals surface area contributed by atoms with Crippen LogP contribution in [0.2, 0.25) is 0 Å². The molecule has 1 unspecified atom stereocenters. The van der Waals surface area contributed by atoms with Crippen LogP contribution >= 0.6 is 11.3 Å². The maximum atomic E-state index is 12.4. The minimum Gasteiger partial charge on any atom is -0.406 e. The Labute approximate surface area is 173 Å². The van der Waals surface area contributed by atoms with Crippen LogP contribution in [-0.2, 0) is 0 Å². The van der Waals surface area contributed by atoms with E-state index >= 15 is 0 Å². The number of benzene rings is 1. The Bertz CT molecular complexity index is 729. The van der Waals surface area contributed by atoms with Crippen LogP contribution in [0.4, 0.5) is 18.9 Å². The van der Waals surface area contributed by atoms with E-state index in [0.717, 1.165) is 38.0 Å². The summed E-state index contributed by atoms with van der Waals surface area (Å²) in [4.78, 5) is 2.50. The molecule has 160 valence electrons. The van der Waals surface area contributed by atoms with E-state index in [2.05, 4.69) is 38.7 Å². The number of hydrogen-bond donors (Lipinski definition) is 2. The van der Waals surface area contributed by atoms with Crippen molar-refractivity contribution in [3.8, 4) is 5.75 Å². The van der Waals surface area contributed by atoms with Crippen molar-refractivity contribution in [2.75, 3.05) is 25.0 Å². The molecule has 0 spiro atoms. The van der Waals surface area contributed by atoms with E-state index in [-0.39, 0.29) is 11.8 Å². The number of nitrogens with zero attached hydrogens (tertiary/aromatic N) is 1. The molecule has 1 fully saturated rings. The molecule has 0 radical (unpaired) electrons. The first kappa shape index (κ1) is 21.9. The molecule has 1 aromatic heterocycles. The maximum absolute atomic E-state index is 12.4. The summed E-state index contributed by atoms with van der Waals surface area (Å²) in [5.74, 6) is 0.245. The lowest BCUT2D eigenvalue weighted by Gasteiger charge is -2.39. The van der Waals surface area contributed by atoms with E-state index in [9.17, 15) is 13.2 Å². The van der Waals surface area contributed by atoms with Gasteiger partial charge in [-0.15, -0.1) is 13.2 Å². The summed E-state index contributed by atoms with van der Waals surface area (Å²) in [6.45, 7) is 5.00. The van der Waals surface area contributed by atoms with E-state index in [1.165, 1.54) is 17.7 Å². The summed E-state index contributed by atoms with van der Waals surface area (Å²) >= 11 is 1.65. The second-order valence-corrected chi connectivity index (χ2v) is 8.33. The van der Waals surface area contributed by atoms with Gasteiger partial charge in [0.25, 0.3) is 0 Å². The van der Waals surface area contributed by atoms with Crippen molar-refractivity contribution < 1.29 is 17.9 Å². The summed E-state index contributed by atoms with van der Waals surface area (Å²) in [7, 11) is 0. The van der Waals surface area contributed by atoms with Gasteiger partial charge in [-0.1, -0.05) is 0 Å². The number of likely N-dealkylation sites (tertiary alicyclic amines) is 1. The molecule has 1 saturated heterocycles. The van der Waals surface area contributed by atoms with Crippen molar-refractivity contribution in [1.29, 1.82) is 0 Å². The minimum atomic E-state index is -4.68. The highest BCUT2D eigenvalue weighted by molar-refractivity contribution is 7.08. The van der Waals surface area contributed by atoms with Crippen LogP contribution in [0.1, 0.15) is 37.8 Å². The summed E-state index contributed by atoms with van der Waals surface area (Å²) in [6.07, 6.45) is -1.54. The standard InChI is InChI=1S/C21H28F3N3OS/c1-15(6-10-25)27-11-7-16(8-12-27)20(17-9-13-29-14-17)26-18-2-4-19(5-3-18)28-21(22,23)24/h2-5,9,13-16,20,26H,6-8,10-12,25H2,1H3/t15-,20?/m1/s1. The van der Waals surface area contributed by atoms with E-state index in [1.807, 2.05) is 0 Å². The summed E-state index contributed by atoms with van der Waals surface area (Å²) in [5.41, 5.74) is 7.71. The van der Waals surface area contributed by atoms with Crippen molar-refractivity contribution in [3.05, 3.63) is 46.7 Å². The molecule has 1 aliphatic rings. The highest BCUT2D eigenvalue weighted by atomic mass is 32.1. The number of halogens is 3. The van der Waals surface area contributed by atoms with E-state index < -0.39 is 6.36 Å². The molecule has 2 heterocycles. The summed E-state index contributed by atoms with van der Waals surface area (Å²) in [6, 6.07) is 8.71. The van der Waals surface area contributed by atoms with Crippen LogP contribution in [0.5, 0.6) is 5.75 Å². The van der Waals surface area contributed by atoms with Gasteiger partial charge in [0, 0.05) is 11.7 Å². The Morgan fingerprint density at radius 3 is 2.45 bits per heavy atom. The Hall–Kier alpha value is -1.77. The molecular weight excluding hydrogens is 399 g/mol. The van der Waals surface area contributed by atoms with Gasteiger partial charge in [0.1, 0.15) is 5.75 Å². The lowest BCUT2D eigenvalue weighted by atomic mass is 9.85. The first-order valence-corrected chi connectivity index (χ1v) is 10.9. The fourth-order valence-corrected chi connectivity index (χ4v) is 4.67. The van der Waals surface area contributed by atoms with Gasteiger partial charge >= 0.3 is 6.36 Å². The number of alkyl halides is 3. The highest BCUT2D eigenvalue weighted by Crippen LogP contribution is 2.36. The van der Waals surface area contributed by atoms with Crippen molar-refractivity contribution >= 4 is 17.0 Å². The number of nitrogens with two attached hydrogens (primary N) is 1. The number of ether oxygens (including phenoxy) is 1. The van der Waals surface area contributed by atoms with Crippen LogP contribution in [0.3, 0.4) is 0 Å². The zero-order chi connectivity index (χ0) is 20.9. The van der Waals surface area contributed by atoms with Gasteiger partial charge in [-0.25, -0.2) is 0 Å². The van der Waals surface area contributed by atoms with Crippen LogP contribution in [0, 0.1) is 5.92 Å². The second kappa shape index (κ2) is 9.82. The van der Waals surface area contributed by atoms with Gasteiger partial charge in [-0.2, -0.15) is 11.3 Å². The first-order valence-electron chi connectivity index (χ1n) is 9.94. The molecule has 4 nitrogen and oxygen atoms in total. The molecule has 0 bridgehead atoms. The minimum absolute atomic E-state index is 0.127. The topological polar surface area (TPSA) is 50.5 Å². The summed E-state index contributed by atoms with van der Waals surface area (Å²) in [5, 5.41) is 7.74.